The van der Waals surface area contributed by atoms with Crippen molar-refractivity contribution < 1.29 is 20.1 Å². The van der Waals surface area contributed by atoms with Crippen LogP contribution in [0.2, 0.25) is 0 Å². The molecule has 1 aromatic carbocycles. The van der Waals surface area contributed by atoms with E-state index in [4.69, 9.17) is 5.11 Å². The first-order valence-electron chi connectivity index (χ1n) is 5.39. The number of aliphatic hydroxyl groups is 1. The summed E-state index contributed by atoms with van der Waals surface area (Å²) in [6.45, 7) is 3.55. The van der Waals surface area contributed by atoms with Crippen molar-refractivity contribution in [2.45, 2.75) is 19.9 Å². The van der Waals surface area contributed by atoms with E-state index in [-0.39, 0.29) is 35.6 Å². The number of phenols is 2. The molecule has 0 spiro atoms. The number of benzene rings is 1. The fourth-order valence-electron chi connectivity index (χ4n) is 1.38. The van der Waals surface area contributed by atoms with Crippen LogP contribution >= 0.6 is 0 Å². The molecule has 0 radical (unpaired) electrons. The van der Waals surface area contributed by atoms with Crippen LogP contribution in [0, 0.1) is 5.92 Å². The van der Waals surface area contributed by atoms with Crippen molar-refractivity contribution in [1.82, 2.24) is 5.32 Å². The second kappa shape index (κ2) is 5.54. The SMILES string of the molecule is CC(C)C(CO)NC(=O)c1cc(O)ccc1O. The summed E-state index contributed by atoms with van der Waals surface area (Å²) in [5.41, 5.74) is -0.0101. The molecule has 0 aliphatic rings. The van der Waals surface area contributed by atoms with E-state index in [1.54, 1.807) is 0 Å². The third kappa shape index (κ3) is 3.35. The van der Waals surface area contributed by atoms with E-state index in [2.05, 4.69) is 5.32 Å². The Kier molecular flexibility index (Phi) is 4.34. The largest absolute Gasteiger partial charge is 0.508 e. The maximum atomic E-state index is 11.8. The molecule has 5 heteroatoms. The summed E-state index contributed by atoms with van der Waals surface area (Å²) in [5, 5.41) is 30.4. The Morgan fingerprint density at radius 3 is 2.53 bits per heavy atom. The zero-order valence-corrected chi connectivity index (χ0v) is 9.84. The molecular formula is C12H17NO4. The van der Waals surface area contributed by atoms with Crippen LogP contribution in [0.15, 0.2) is 18.2 Å². The first-order chi connectivity index (χ1) is 7.95. The van der Waals surface area contributed by atoms with Crippen molar-refractivity contribution in [3.63, 3.8) is 0 Å². The van der Waals surface area contributed by atoms with Crippen molar-refractivity contribution in [1.29, 1.82) is 0 Å². The molecular weight excluding hydrogens is 222 g/mol. The monoisotopic (exact) mass is 239 g/mol. The molecule has 0 saturated heterocycles. The smallest absolute Gasteiger partial charge is 0.255 e. The molecule has 1 aromatic rings. The van der Waals surface area contributed by atoms with Crippen molar-refractivity contribution in [2.24, 2.45) is 5.92 Å². The first-order valence-corrected chi connectivity index (χ1v) is 5.39. The summed E-state index contributed by atoms with van der Waals surface area (Å²) < 4.78 is 0. The van der Waals surface area contributed by atoms with Gasteiger partial charge in [-0.2, -0.15) is 0 Å². The summed E-state index contributed by atoms with van der Waals surface area (Å²) in [4.78, 5) is 11.8. The molecule has 4 N–H and O–H groups in total. The molecule has 1 unspecified atom stereocenters. The molecule has 0 fully saturated rings. The molecule has 1 atom stereocenters. The zero-order valence-electron chi connectivity index (χ0n) is 9.84. The zero-order chi connectivity index (χ0) is 13.0. The Balaban J connectivity index is 2.86. The summed E-state index contributed by atoms with van der Waals surface area (Å²) in [6, 6.07) is 3.33. The van der Waals surface area contributed by atoms with Crippen LogP contribution in [0.4, 0.5) is 0 Å². The Bertz CT molecular complexity index is 403. The van der Waals surface area contributed by atoms with E-state index < -0.39 is 5.91 Å². The second-order valence-corrected chi connectivity index (χ2v) is 4.21. The van der Waals surface area contributed by atoms with Crippen LogP contribution in [-0.2, 0) is 0 Å². The average molecular weight is 239 g/mol. The number of phenolic OH excluding ortho intramolecular Hbond substituents is 2. The van der Waals surface area contributed by atoms with Crippen molar-refractivity contribution in [3.05, 3.63) is 23.8 Å². The van der Waals surface area contributed by atoms with Gasteiger partial charge in [-0.05, 0) is 24.1 Å². The fraction of sp³-hybridized carbons (Fsp3) is 0.417. The van der Waals surface area contributed by atoms with E-state index in [0.717, 1.165) is 0 Å². The quantitative estimate of drug-likeness (QED) is 0.586. The number of amides is 1. The van der Waals surface area contributed by atoms with Gasteiger partial charge in [0.05, 0.1) is 18.2 Å². The van der Waals surface area contributed by atoms with Crippen LogP contribution in [-0.4, -0.2) is 33.9 Å². The summed E-state index contributed by atoms with van der Waals surface area (Å²) in [6.07, 6.45) is 0. The van der Waals surface area contributed by atoms with Crippen LogP contribution in [0.25, 0.3) is 0 Å². The van der Waals surface area contributed by atoms with E-state index in [1.165, 1.54) is 18.2 Å². The molecule has 0 bridgehead atoms. The molecule has 0 aromatic heterocycles. The maximum absolute atomic E-state index is 11.8. The standard InChI is InChI=1S/C12H17NO4/c1-7(2)10(6-14)13-12(17)9-5-8(15)3-4-11(9)16/h3-5,7,10,14-16H,6H2,1-2H3,(H,13,17). The van der Waals surface area contributed by atoms with E-state index >= 15 is 0 Å². The van der Waals surface area contributed by atoms with Gasteiger partial charge in [0.2, 0.25) is 0 Å². The number of hydrogen-bond acceptors (Lipinski definition) is 4. The number of carbonyl (C=O) groups excluding carboxylic acids is 1. The lowest BCUT2D eigenvalue weighted by Crippen LogP contribution is -2.41. The second-order valence-electron chi connectivity index (χ2n) is 4.21. The lowest BCUT2D eigenvalue weighted by atomic mass is 10.0. The Morgan fingerprint density at radius 1 is 1.35 bits per heavy atom. The van der Waals surface area contributed by atoms with Crippen LogP contribution < -0.4 is 5.32 Å². The highest BCUT2D eigenvalue weighted by atomic mass is 16.3. The Hall–Kier alpha value is -1.75. The number of carbonyl (C=O) groups is 1. The predicted octanol–water partition coefficient (Wildman–Crippen LogP) is 0.844. The van der Waals surface area contributed by atoms with Crippen molar-refractivity contribution >= 4 is 5.91 Å². The third-order valence-electron chi connectivity index (χ3n) is 2.54. The highest BCUT2D eigenvalue weighted by Crippen LogP contribution is 2.22. The van der Waals surface area contributed by atoms with E-state index in [0.29, 0.717) is 0 Å². The van der Waals surface area contributed by atoms with Crippen molar-refractivity contribution in [3.8, 4) is 11.5 Å². The molecule has 0 saturated carbocycles. The van der Waals surface area contributed by atoms with Gasteiger partial charge < -0.3 is 20.6 Å². The van der Waals surface area contributed by atoms with Crippen LogP contribution in [0.3, 0.4) is 0 Å². The number of aliphatic hydroxyl groups excluding tert-OH is 1. The van der Waals surface area contributed by atoms with Gasteiger partial charge in [0, 0.05) is 0 Å². The average Bonchev–Trinajstić information content (AvgIpc) is 2.28. The number of aromatic hydroxyl groups is 2. The molecule has 17 heavy (non-hydrogen) atoms. The molecule has 0 aliphatic carbocycles. The highest BCUT2D eigenvalue weighted by Gasteiger charge is 2.18. The number of nitrogens with one attached hydrogen (secondary N) is 1. The van der Waals surface area contributed by atoms with Gasteiger partial charge in [-0.15, -0.1) is 0 Å². The van der Waals surface area contributed by atoms with E-state index in [1.807, 2.05) is 13.8 Å². The molecule has 1 amide bonds. The normalized spacial score (nSPS) is 12.5. The maximum Gasteiger partial charge on any atom is 0.255 e. The summed E-state index contributed by atoms with van der Waals surface area (Å²) >= 11 is 0. The Labute approximate surface area is 99.7 Å². The predicted molar refractivity (Wildman–Crippen MR) is 62.9 cm³/mol. The molecule has 0 heterocycles. The molecule has 5 nitrogen and oxygen atoms in total. The number of hydrogen-bond donors (Lipinski definition) is 4. The van der Waals surface area contributed by atoms with Gasteiger partial charge in [0.15, 0.2) is 0 Å². The van der Waals surface area contributed by atoms with Gasteiger partial charge in [-0.3, -0.25) is 4.79 Å². The topological polar surface area (TPSA) is 89.8 Å². The first kappa shape index (κ1) is 13.3. The van der Waals surface area contributed by atoms with Gasteiger partial charge in [-0.25, -0.2) is 0 Å². The molecule has 0 aliphatic heterocycles. The lowest BCUT2D eigenvalue weighted by Gasteiger charge is -2.20. The van der Waals surface area contributed by atoms with Crippen LogP contribution in [0.5, 0.6) is 11.5 Å². The lowest BCUT2D eigenvalue weighted by molar-refractivity contribution is 0.0893. The van der Waals surface area contributed by atoms with Crippen LogP contribution in [0.1, 0.15) is 24.2 Å². The van der Waals surface area contributed by atoms with Gasteiger partial charge >= 0.3 is 0 Å². The van der Waals surface area contributed by atoms with Gasteiger partial charge in [0.25, 0.3) is 5.91 Å². The molecule has 1 rings (SSSR count). The minimum absolute atomic E-state index is 0.0101. The van der Waals surface area contributed by atoms with Gasteiger partial charge in [0.1, 0.15) is 11.5 Å². The number of rotatable bonds is 4. The van der Waals surface area contributed by atoms with Crippen molar-refractivity contribution in [2.75, 3.05) is 6.61 Å². The van der Waals surface area contributed by atoms with Gasteiger partial charge in [-0.1, -0.05) is 13.8 Å². The fourth-order valence-corrected chi connectivity index (χ4v) is 1.38. The highest BCUT2D eigenvalue weighted by molar-refractivity contribution is 5.97. The minimum atomic E-state index is -0.522. The summed E-state index contributed by atoms with van der Waals surface area (Å²) in [7, 11) is 0. The minimum Gasteiger partial charge on any atom is -0.508 e. The Morgan fingerprint density at radius 2 is 2.00 bits per heavy atom. The van der Waals surface area contributed by atoms with E-state index in [9.17, 15) is 15.0 Å². The third-order valence-corrected chi connectivity index (χ3v) is 2.54. The molecule has 94 valence electrons. The summed E-state index contributed by atoms with van der Waals surface area (Å²) in [5.74, 6) is -0.756.